The molecule has 0 fully saturated rings. The molecule has 0 heterocycles. The monoisotopic (exact) mass is 238 g/mol. The number of aliphatic hydroxyl groups excluding tert-OH is 1. The van der Waals surface area contributed by atoms with E-state index in [1.807, 2.05) is 13.0 Å². The number of rotatable bonds is 2. The minimum Gasteiger partial charge on any atom is -0.386 e. The van der Waals surface area contributed by atoms with Crippen molar-refractivity contribution in [2.24, 2.45) is 0 Å². The summed E-state index contributed by atoms with van der Waals surface area (Å²) in [5.74, 6) is 0. The van der Waals surface area contributed by atoms with Gasteiger partial charge in [0.2, 0.25) is 0 Å². The van der Waals surface area contributed by atoms with Crippen molar-refractivity contribution in [3.63, 3.8) is 0 Å². The van der Waals surface area contributed by atoms with Gasteiger partial charge in [-0.15, -0.1) is 23.2 Å². The van der Waals surface area contributed by atoms with Crippen LogP contribution in [-0.2, 0) is 0 Å². The zero-order valence-corrected chi connectivity index (χ0v) is 9.24. The van der Waals surface area contributed by atoms with E-state index in [0.717, 1.165) is 5.56 Å². The lowest BCUT2D eigenvalue weighted by Crippen LogP contribution is -2.06. The zero-order chi connectivity index (χ0) is 10.0. The minimum atomic E-state index is -0.935. The molecule has 0 aliphatic carbocycles. The van der Waals surface area contributed by atoms with Crippen molar-refractivity contribution in [2.75, 3.05) is 0 Å². The number of hydrogen-bond donors (Lipinski definition) is 1. The maximum Gasteiger partial charge on any atom is 0.137 e. The number of aliphatic hydroxyl groups is 1. The Labute approximate surface area is 92.2 Å². The SMILES string of the molecule is Cc1ccc(Cl)c(C(O)C(Cl)Cl)c1. The molecule has 0 radical (unpaired) electrons. The Hall–Kier alpha value is 0.0500. The maximum atomic E-state index is 9.55. The van der Waals surface area contributed by atoms with Crippen LogP contribution in [0.1, 0.15) is 17.2 Å². The Kier molecular flexibility index (Phi) is 3.87. The Balaban J connectivity index is 3.05. The smallest absolute Gasteiger partial charge is 0.137 e. The fourth-order valence-electron chi connectivity index (χ4n) is 1.03. The molecule has 0 saturated carbocycles. The number of hydrogen-bond acceptors (Lipinski definition) is 1. The van der Waals surface area contributed by atoms with Crippen LogP contribution in [0.2, 0.25) is 5.02 Å². The van der Waals surface area contributed by atoms with Crippen LogP contribution in [0.15, 0.2) is 18.2 Å². The summed E-state index contributed by atoms with van der Waals surface area (Å²) >= 11 is 16.9. The van der Waals surface area contributed by atoms with Crippen LogP contribution in [0.25, 0.3) is 0 Å². The van der Waals surface area contributed by atoms with Gasteiger partial charge in [0.25, 0.3) is 0 Å². The van der Waals surface area contributed by atoms with Crippen LogP contribution in [0.4, 0.5) is 0 Å². The van der Waals surface area contributed by atoms with Gasteiger partial charge in [0.15, 0.2) is 0 Å². The van der Waals surface area contributed by atoms with E-state index in [9.17, 15) is 5.11 Å². The molecular weight excluding hydrogens is 230 g/mol. The quantitative estimate of drug-likeness (QED) is 0.784. The molecule has 0 aliphatic heterocycles. The van der Waals surface area contributed by atoms with Crippen LogP contribution in [0.3, 0.4) is 0 Å². The highest BCUT2D eigenvalue weighted by molar-refractivity contribution is 6.44. The Morgan fingerprint density at radius 3 is 2.46 bits per heavy atom. The van der Waals surface area contributed by atoms with Crippen LogP contribution in [0.5, 0.6) is 0 Å². The van der Waals surface area contributed by atoms with E-state index in [1.54, 1.807) is 12.1 Å². The van der Waals surface area contributed by atoms with Crippen molar-refractivity contribution >= 4 is 34.8 Å². The third kappa shape index (κ3) is 2.75. The van der Waals surface area contributed by atoms with E-state index in [1.165, 1.54) is 0 Å². The van der Waals surface area contributed by atoms with Gasteiger partial charge in [-0.3, -0.25) is 0 Å². The zero-order valence-electron chi connectivity index (χ0n) is 6.97. The third-order valence-corrected chi connectivity index (χ3v) is 2.53. The first-order chi connectivity index (χ1) is 6.02. The fraction of sp³-hybridized carbons (Fsp3) is 0.333. The van der Waals surface area contributed by atoms with Crippen LogP contribution >= 0.6 is 34.8 Å². The molecule has 1 atom stereocenters. The summed E-state index contributed by atoms with van der Waals surface area (Å²) < 4.78 is 0. The molecule has 1 rings (SSSR count). The summed E-state index contributed by atoms with van der Waals surface area (Å²) in [7, 11) is 0. The molecule has 1 aromatic carbocycles. The lowest BCUT2D eigenvalue weighted by atomic mass is 10.1. The molecule has 72 valence electrons. The summed E-state index contributed by atoms with van der Waals surface area (Å²) in [4.78, 5) is -0.862. The predicted molar refractivity (Wildman–Crippen MR) is 56.6 cm³/mol. The second kappa shape index (κ2) is 4.52. The van der Waals surface area contributed by atoms with Gasteiger partial charge in [0.1, 0.15) is 10.9 Å². The summed E-state index contributed by atoms with van der Waals surface area (Å²) in [6.07, 6.45) is -0.935. The Morgan fingerprint density at radius 1 is 1.31 bits per heavy atom. The highest BCUT2D eigenvalue weighted by Gasteiger charge is 2.18. The summed E-state index contributed by atoms with van der Waals surface area (Å²) in [5, 5.41) is 10.0. The van der Waals surface area contributed by atoms with E-state index in [2.05, 4.69) is 0 Å². The number of alkyl halides is 2. The van der Waals surface area contributed by atoms with Gasteiger partial charge in [0, 0.05) is 10.6 Å². The fourth-order valence-corrected chi connectivity index (χ4v) is 1.53. The molecule has 4 heteroatoms. The number of aryl methyl sites for hydroxylation is 1. The molecule has 0 amide bonds. The van der Waals surface area contributed by atoms with Gasteiger partial charge in [-0.2, -0.15) is 0 Å². The molecule has 1 aromatic rings. The molecule has 0 aromatic heterocycles. The molecule has 13 heavy (non-hydrogen) atoms. The average molecular weight is 240 g/mol. The third-order valence-electron chi connectivity index (χ3n) is 1.71. The first-order valence-electron chi connectivity index (χ1n) is 3.74. The van der Waals surface area contributed by atoms with Crippen molar-refractivity contribution < 1.29 is 5.11 Å². The lowest BCUT2D eigenvalue weighted by Gasteiger charge is -2.13. The second-order valence-electron chi connectivity index (χ2n) is 2.80. The van der Waals surface area contributed by atoms with Crippen molar-refractivity contribution in [3.8, 4) is 0 Å². The normalized spacial score (nSPS) is 13.4. The molecule has 1 N–H and O–H groups in total. The topological polar surface area (TPSA) is 20.2 Å². The maximum absolute atomic E-state index is 9.55. The molecule has 0 saturated heterocycles. The van der Waals surface area contributed by atoms with Gasteiger partial charge < -0.3 is 5.11 Å². The van der Waals surface area contributed by atoms with Crippen LogP contribution < -0.4 is 0 Å². The second-order valence-corrected chi connectivity index (χ2v) is 4.38. The minimum absolute atomic E-state index is 0.476. The van der Waals surface area contributed by atoms with Gasteiger partial charge in [0.05, 0.1) is 0 Å². The summed E-state index contributed by atoms with van der Waals surface area (Å²) in [6, 6.07) is 5.34. The molecular formula is C9H9Cl3O. The van der Waals surface area contributed by atoms with Crippen molar-refractivity contribution in [3.05, 3.63) is 34.3 Å². The van der Waals surface area contributed by atoms with E-state index in [4.69, 9.17) is 34.8 Å². The molecule has 1 unspecified atom stereocenters. The standard InChI is InChI=1S/C9H9Cl3O/c1-5-2-3-7(10)6(4-5)8(13)9(11)12/h2-4,8-9,13H,1H3. The van der Waals surface area contributed by atoms with E-state index in [-0.39, 0.29) is 0 Å². The summed E-state index contributed by atoms with van der Waals surface area (Å²) in [6.45, 7) is 1.91. The van der Waals surface area contributed by atoms with Crippen molar-refractivity contribution in [1.82, 2.24) is 0 Å². The number of benzene rings is 1. The predicted octanol–water partition coefficient (Wildman–Crippen LogP) is 3.49. The highest BCUT2D eigenvalue weighted by Crippen LogP contribution is 2.30. The summed E-state index contributed by atoms with van der Waals surface area (Å²) in [5.41, 5.74) is 1.57. The van der Waals surface area contributed by atoms with E-state index >= 15 is 0 Å². The first-order valence-corrected chi connectivity index (χ1v) is 4.99. The van der Waals surface area contributed by atoms with Crippen LogP contribution in [0, 0.1) is 6.92 Å². The highest BCUT2D eigenvalue weighted by atomic mass is 35.5. The van der Waals surface area contributed by atoms with Crippen LogP contribution in [-0.4, -0.2) is 9.94 Å². The van der Waals surface area contributed by atoms with E-state index < -0.39 is 10.9 Å². The largest absolute Gasteiger partial charge is 0.386 e. The molecule has 0 spiro atoms. The lowest BCUT2D eigenvalue weighted by molar-refractivity contribution is 0.193. The van der Waals surface area contributed by atoms with Crippen molar-refractivity contribution in [1.29, 1.82) is 0 Å². The number of halogens is 3. The Morgan fingerprint density at radius 2 is 1.92 bits per heavy atom. The van der Waals surface area contributed by atoms with Gasteiger partial charge >= 0.3 is 0 Å². The molecule has 0 bridgehead atoms. The van der Waals surface area contributed by atoms with Gasteiger partial charge in [-0.25, -0.2) is 0 Å². The first kappa shape index (κ1) is 11.1. The van der Waals surface area contributed by atoms with Gasteiger partial charge in [-0.1, -0.05) is 29.3 Å². The van der Waals surface area contributed by atoms with Gasteiger partial charge in [-0.05, 0) is 13.0 Å². The molecule has 0 aliphatic rings. The van der Waals surface area contributed by atoms with E-state index in [0.29, 0.717) is 10.6 Å². The average Bonchev–Trinajstić information content (AvgIpc) is 2.08. The Bertz CT molecular complexity index is 299. The molecule has 1 nitrogen and oxygen atoms in total. The van der Waals surface area contributed by atoms with Crippen molar-refractivity contribution in [2.45, 2.75) is 17.9 Å².